The number of hydrogen-bond donors (Lipinski definition) is 0. The van der Waals surface area contributed by atoms with E-state index in [1.807, 2.05) is 11.9 Å². The van der Waals surface area contributed by atoms with Crippen LogP contribution in [0.25, 0.3) is 0 Å². The lowest BCUT2D eigenvalue weighted by Gasteiger charge is -2.21. The molecule has 0 aliphatic carbocycles. The second kappa shape index (κ2) is 6.37. The molecule has 1 aliphatic rings. The number of Topliss-reactive ketones (excluding diaryl/α,β-unsaturated/α-hetero) is 1. The highest BCUT2D eigenvalue weighted by Gasteiger charge is 2.22. The molecule has 1 aromatic rings. The van der Waals surface area contributed by atoms with Crippen LogP contribution in [0.15, 0.2) is 18.2 Å². The molecule has 1 atom stereocenters. The van der Waals surface area contributed by atoms with Crippen molar-refractivity contribution in [3.63, 3.8) is 0 Å². The van der Waals surface area contributed by atoms with Gasteiger partial charge in [-0.3, -0.25) is 9.69 Å². The van der Waals surface area contributed by atoms with E-state index in [2.05, 4.69) is 0 Å². The fourth-order valence-corrected chi connectivity index (χ4v) is 2.41. The summed E-state index contributed by atoms with van der Waals surface area (Å²) in [6, 6.07) is 5.44. The smallest absolute Gasteiger partial charge is 0.176 e. The number of rotatable bonds is 5. The normalized spacial score (nSPS) is 18.8. The summed E-state index contributed by atoms with van der Waals surface area (Å²) in [5, 5.41) is 0.459. The lowest BCUT2D eigenvalue weighted by Crippen LogP contribution is -2.36. The maximum atomic E-state index is 12.2. The molecule has 0 spiro atoms. The lowest BCUT2D eigenvalue weighted by molar-refractivity contribution is 0.0907. The summed E-state index contributed by atoms with van der Waals surface area (Å²) in [6.45, 7) is 1.85. The molecule has 19 heavy (non-hydrogen) atoms. The Labute approximate surface area is 118 Å². The van der Waals surface area contributed by atoms with Crippen LogP contribution >= 0.6 is 11.6 Å². The van der Waals surface area contributed by atoms with Gasteiger partial charge in [-0.2, -0.15) is 0 Å². The summed E-state index contributed by atoms with van der Waals surface area (Å²) in [7, 11) is 3.50. The Kier molecular flexibility index (Phi) is 4.80. The summed E-state index contributed by atoms with van der Waals surface area (Å²) in [5.74, 6) is 0.634. The molecule has 1 saturated heterocycles. The maximum Gasteiger partial charge on any atom is 0.176 e. The van der Waals surface area contributed by atoms with Gasteiger partial charge in [0.05, 0.1) is 25.3 Å². The average molecular weight is 284 g/mol. The Morgan fingerprint density at radius 2 is 2.37 bits per heavy atom. The number of nitrogens with zero attached hydrogens (tertiary/aromatic N) is 1. The van der Waals surface area contributed by atoms with E-state index in [9.17, 15) is 4.79 Å². The maximum absolute atomic E-state index is 12.2. The van der Waals surface area contributed by atoms with E-state index in [0.29, 0.717) is 35.5 Å². The van der Waals surface area contributed by atoms with E-state index in [-0.39, 0.29) is 5.78 Å². The van der Waals surface area contributed by atoms with Crippen LogP contribution in [0, 0.1) is 0 Å². The summed E-state index contributed by atoms with van der Waals surface area (Å²) in [4.78, 5) is 14.2. The zero-order valence-corrected chi connectivity index (χ0v) is 11.9. The SMILES string of the molecule is COc1ccc(C(=O)CN(C)C2CCOC2)cc1Cl. The van der Waals surface area contributed by atoms with Gasteiger partial charge in [0.2, 0.25) is 0 Å². The standard InChI is InChI=1S/C14H18ClNO3/c1-16(11-5-6-19-9-11)8-13(17)10-3-4-14(18-2)12(15)7-10/h3-4,7,11H,5-6,8-9H2,1-2H3. The highest BCUT2D eigenvalue weighted by atomic mass is 35.5. The van der Waals surface area contributed by atoms with E-state index in [4.69, 9.17) is 21.1 Å². The molecule has 104 valence electrons. The average Bonchev–Trinajstić information content (AvgIpc) is 2.92. The first-order chi connectivity index (χ1) is 9.11. The second-order valence-electron chi connectivity index (χ2n) is 4.71. The molecule has 0 bridgehead atoms. The molecule has 2 rings (SSSR count). The van der Waals surface area contributed by atoms with Crippen molar-refractivity contribution in [2.75, 3.05) is 33.9 Å². The van der Waals surface area contributed by atoms with E-state index in [1.165, 1.54) is 0 Å². The largest absolute Gasteiger partial charge is 0.495 e. The highest BCUT2D eigenvalue weighted by molar-refractivity contribution is 6.32. The number of likely N-dealkylation sites (N-methyl/N-ethyl adjacent to an activating group) is 1. The van der Waals surface area contributed by atoms with Crippen LogP contribution in [-0.4, -0.2) is 50.6 Å². The molecule has 4 nitrogen and oxygen atoms in total. The van der Waals surface area contributed by atoms with Crippen LogP contribution in [0.1, 0.15) is 16.8 Å². The summed E-state index contributed by atoms with van der Waals surface area (Å²) in [5.41, 5.74) is 0.608. The number of ketones is 1. The number of ether oxygens (including phenoxy) is 2. The molecule has 0 aromatic heterocycles. The molecular weight excluding hydrogens is 266 g/mol. The second-order valence-corrected chi connectivity index (χ2v) is 5.11. The van der Waals surface area contributed by atoms with Crippen molar-refractivity contribution < 1.29 is 14.3 Å². The minimum atomic E-state index is 0.0546. The van der Waals surface area contributed by atoms with Crippen LogP contribution in [0.5, 0.6) is 5.75 Å². The predicted molar refractivity (Wildman–Crippen MR) is 74.2 cm³/mol. The number of methoxy groups -OCH3 is 1. The number of halogens is 1. The molecule has 1 aliphatic heterocycles. The van der Waals surface area contributed by atoms with Crippen molar-refractivity contribution >= 4 is 17.4 Å². The van der Waals surface area contributed by atoms with Gasteiger partial charge in [-0.1, -0.05) is 11.6 Å². The quantitative estimate of drug-likeness (QED) is 0.777. The van der Waals surface area contributed by atoms with Gasteiger partial charge in [0, 0.05) is 18.2 Å². The van der Waals surface area contributed by atoms with Crippen LogP contribution in [0.2, 0.25) is 5.02 Å². The topological polar surface area (TPSA) is 38.8 Å². The van der Waals surface area contributed by atoms with Crippen LogP contribution < -0.4 is 4.74 Å². The molecule has 0 amide bonds. The first-order valence-corrected chi connectivity index (χ1v) is 6.64. The predicted octanol–water partition coefficient (Wildman–Crippen LogP) is 2.25. The Morgan fingerprint density at radius 1 is 1.58 bits per heavy atom. The zero-order valence-electron chi connectivity index (χ0n) is 11.2. The van der Waals surface area contributed by atoms with Gasteiger partial charge in [0.15, 0.2) is 5.78 Å². The van der Waals surface area contributed by atoms with E-state index in [0.717, 1.165) is 13.0 Å². The third-order valence-electron chi connectivity index (χ3n) is 3.40. The summed E-state index contributed by atoms with van der Waals surface area (Å²) < 4.78 is 10.4. The van der Waals surface area contributed by atoms with Crippen molar-refractivity contribution in [2.24, 2.45) is 0 Å². The van der Waals surface area contributed by atoms with E-state index >= 15 is 0 Å². The van der Waals surface area contributed by atoms with Crippen molar-refractivity contribution in [2.45, 2.75) is 12.5 Å². The van der Waals surface area contributed by atoms with Crippen molar-refractivity contribution in [1.82, 2.24) is 4.90 Å². The molecule has 0 N–H and O–H groups in total. The number of benzene rings is 1. The number of carbonyl (C=O) groups is 1. The monoisotopic (exact) mass is 283 g/mol. The van der Waals surface area contributed by atoms with Gasteiger partial charge < -0.3 is 9.47 Å². The van der Waals surface area contributed by atoms with Crippen molar-refractivity contribution in [3.05, 3.63) is 28.8 Å². The first-order valence-electron chi connectivity index (χ1n) is 6.26. The minimum Gasteiger partial charge on any atom is -0.495 e. The van der Waals surface area contributed by atoms with Crippen LogP contribution in [-0.2, 0) is 4.74 Å². The Balaban J connectivity index is 2.01. The molecule has 5 heteroatoms. The zero-order chi connectivity index (χ0) is 13.8. The van der Waals surface area contributed by atoms with Crippen molar-refractivity contribution in [3.8, 4) is 5.75 Å². The van der Waals surface area contributed by atoms with E-state index in [1.54, 1.807) is 25.3 Å². The fourth-order valence-electron chi connectivity index (χ4n) is 2.16. The highest BCUT2D eigenvalue weighted by Crippen LogP contribution is 2.25. The first kappa shape index (κ1) is 14.3. The number of hydrogen-bond acceptors (Lipinski definition) is 4. The van der Waals surface area contributed by atoms with Crippen LogP contribution in [0.4, 0.5) is 0 Å². The molecular formula is C14H18ClNO3. The number of carbonyl (C=O) groups excluding carboxylic acids is 1. The molecule has 0 saturated carbocycles. The molecule has 1 fully saturated rings. The Hall–Kier alpha value is -1.10. The van der Waals surface area contributed by atoms with Gasteiger partial charge in [0.25, 0.3) is 0 Å². The molecule has 1 heterocycles. The third kappa shape index (κ3) is 3.47. The molecule has 1 aromatic carbocycles. The lowest BCUT2D eigenvalue weighted by atomic mass is 10.1. The van der Waals surface area contributed by atoms with Crippen LogP contribution in [0.3, 0.4) is 0 Å². The Bertz CT molecular complexity index is 458. The summed E-state index contributed by atoms with van der Waals surface area (Å²) in [6.07, 6.45) is 0.979. The molecule has 1 unspecified atom stereocenters. The molecule has 0 radical (unpaired) electrons. The third-order valence-corrected chi connectivity index (χ3v) is 3.69. The Morgan fingerprint density at radius 3 is 2.95 bits per heavy atom. The van der Waals surface area contributed by atoms with Gasteiger partial charge in [-0.05, 0) is 31.7 Å². The minimum absolute atomic E-state index is 0.0546. The van der Waals surface area contributed by atoms with Gasteiger partial charge in [-0.15, -0.1) is 0 Å². The van der Waals surface area contributed by atoms with Gasteiger partial charge in [-0.25, -0.2) is 0 Å². The van der Waals surface area contributed by atoms with Crippen molar-refractivity contribution in [1.29, 1.82) is 0 Å². The fraction of sp³-hybridized carbons (Fsp3) is 0.500. The van der Waals surface area contributed by atoms with Gasteiger partial charge >= 0.3 is 0 Å². The van der Waals surface area contributed by atoms with E-state index < -0.39 is 0 Å². The summed E-state index contributed by atoms with van der Waals surface area (Å²) >= 11 is 6.03. The van der Waals surface area contributed by atoms with Gasteiger partial charge in [0.1, 0.15) is 5.75 Å².